The summed E-state index contributed by atoms with van der Waals surface area (Å²) in [4.78, 5) is 35.2. The van der Waals surface area contributed by atoms with E-state index < -0.39 is 27.7 Å². The summed E-state index contributed by atoms with van der Waals surface area (Å²) in [5.74, 6) is -1.37. The molecule has 1 amide bonds. The number of aromatic hydroxyl groups is 1. The second-order valence-corrected chi connectivity index (χ2v) is 5.62. The third kappa shape index (κ3) is 3.25. The molecule has 0 aliphatic rings. The first kappa shape index (κ1) is 17.8. The minimum atomic E-state index is -0.923. The van der Waals surface area contributed by atoms with Crippen LogP contribution in [0.5, 0.6) is 5.75 Å². The van der Waals surface area contributed by atoms with Crippen LogP contribution >= 0.6 is 0 Å². The number of nitrogens with zero attached hydrogens (tertiary/aromatic N) is 3. The monoisotopic (exact) mass is 366 g/mol. The summed E-state index contributed by atoms with van der Waals surface area (Å²) in [6.45, 7) is 0. The number of pyridine rings is 1. The summed E-state index contributed by atoms with van der Waals surface area (Å²) in [6.07, 6.45) is 1.10. The van der Waals surface area contributed by atoms with Crippen LogP contribution < -0.4 is 11.0 Å². The molecule has 2 aromatic carbocycles. The maximum absolute atomic E-state index is 12.4. The quantitative estimate of drug-likeness (QED) is 0.414. The van der Waals surface area contributed by atoms with Gasteiger partial charge in [-0.05, 0) is 18.2 Å². The van der Waals surface area contributed by atoms with Gasteiger partial charge in [-0.3, -0.25) is 19.7 Å². The number of nitrogens with one attached hydrogen (secondary N) is 1. The summed E-state index contributed by atoms with van der Waals surface area (Å²) < 4.78 is 1.25. The fraction of sp³-hybridized carbons (Fsp3) is 0.0556. The lowest BCUT2D eigenvalue weighted by atomic mass is 10.1. The smallest absolute Gasteiger partial charge is 0.280 e. The van der Waals surface area contributed by atoms with E-state index in [2.05, 4.69) is 10.5 Å². The molecule has 0 fully saturated rings. The molecule has 3 rings (SSSR count). The Bertz CT molecular complexity index is 1150. The van der Waals surface area contributed by atoms with Gasteiger partial charge in [-0.25, -0.2) is 5.43 Å². The first-order valence-electron chi connectivity index (χ1n) is 7.79. The number of hydrogen-bond donors (Lipinski definition) is 2. The summed E-state index contributed by atoms with van der Waals surface area (Å²) >= 11 is 0. The van der Waals surface area contributed by atoms with Crippen LogP contribution in [0.3, 0.4) is 0 Å². The summed E-state index contributed by atoms with van der Waals surface area (Å²) in [6, 6.07) is 12.4. The molecule has 1 heterocycles. The van der Waals surface area contributed by atoms with Crippen LogP contribution in [-0.4, -0.2) is 26.7 Å². The van der Waals surface area contributed by atoms with E-state index >= 15 is 0 Å². The number of benzene rings is 2. The molecule has 0 bridgehead atoms. The van der Waals surface area contributed by atoms with Crippen molar-refractivity contribution in [3.8, 4) is 5.75 Å². The first-order valence-corrected chi connectivity index (χ1v) is 7.79. The van der Waals surface area contributed by atoms with Gasteiger partial charge < -0.3 is 9.67 Å². The molecule has 27 heavy (non-hydrogen) atoms. The average Bonchev–Trinajstić information content (AvgIpc) is 2.66. The first-order chi connectivity index (χ1) is 12.9. The van der Waals surface area contributed by atoms with Crippen molar-refractivity contribution < 1.29 is 14.8 Å². The lowest BCUT2D eigenvalue weighted by Gasteiger charge is -2.10. The predicted molar refractivity (Wildman–Crippen MR) is 99.0 cm³/mol. The van der Waals surface area contributed by atoms with Gasteiger partial charge in [-0.15, -0.1) is 0 Å². The Balaban J connectivity index is 1.94. The Morgan fingerprint density at radius 3 is 2.63 bits per heavy atom. The van der Waals surface area contributed by atoms with E-state index in [1.54, 1.807) is 30.3 Å². The highest BCUT2D eigenvalue weighted by Gasteiger charge is 2.20. The zero-order chi connectivity index (χ0) is 19.6. The highest BCUT2D eigenvalue weighted by Crippen LogP contribution is 2.25. The Labute approximate surface area is 152 Å². The largest absolute Gasteiger partial charge is 0.506 e. The number of hydrazone groups is 1. The maximum atomic E-state index is 12.4. The molecule has 3 aromatic rings. The molecule has 0 saturated carbocycles. The predicted octanol–water partition coefficient (Wildman–Crippen LogP) is 1.92. The number of amides is 1. The molecule has 2 N–H and O–H groups in total. The number of nitro benzene ring substituents is 1. The van der Waals surface area contributed by atoms with Crippen LogP contribution in [0.25, 0.3) is 10.9 Å². The Hall–Kier alpha value is -4.01. The Morgan fingerprint density at radius 2 is 1.89 bits per heavy atom. The molecule has 0 spiro atoms. The topological polar surface area (TPSA) is 127 Å². The second kappa shape index (κ2) is 7.08. The highest BCUT2D eigenvalue weighted by molar-refractivity contribution is 6.02. The van der Waals surface area contributed by atoms with Gasteiger partial charge in [0.1, 0.15) is 11.3 Å². The number of aryl methyl sites for hydroxylation is 1. The van der Waals surface area contributed by atoms with Crippen LogP contribution in [0.15, 0.2) is 58.4 Å². The fourth-order valence-corrected chi connectivity index (χ4v) is 2.66. The summed E-state index contributed by atoms with van der Waals surface area (Å²) in [5, 5.41) is 25.3. The van der Waals surface area contributed by atoms with Gasteiger partial charge in [-0.2, -0.15) is 5.10 Å². The molecule has 0 aliphatic carbocycles. The molecule has 0 unspecified atom stereocenters. The molecule has 136 valence electrons. The van der Waals surface area contributed by atoms with E-state index in [0.717, 1.165) is 6.21 Å². The SMILES string of the molecule is Cn1c(=O)c(C(=O)N/N=C/c2ccccc2[N+](=O)[O-])c(O)c2ccccc21. The van der Waals surface area contributed by atoms with E-state index in [1.165, 1.54) is 29.8 Å². The van der Waals surface area contributed by atoms with Gasteiger partial charge in [0.15, 0.2) is 0 Å². The highest BCUT2D eigenvalue weighted by atomic mass is 16.6. The summed E-state index contributed by atoms with van der Waals surface area (Å²) in [7, 11) is 1.48. The third-order valence-electron chi connectivity index (χ3n) is 4.01. The van der Waals surface area contributed by atoms with Gasteiger partial charge in [0.05, 0.1) is 22.2 Å². The lowest BCUT2D eigenvalue weighted by molar-refractivity contribution is -0.385. The van der Waals surface area contributed by atoms with Gasteiger partial charge in [-0.1, -0.05) is 24.3 Å². The fourth-order valence-electron chi connectivity index (χ4n) is 2.66. The molecule has 0 aliphatic heterocycles. The lowest BCUT2D eigenvalue weighted by Crippen LogP contribution is -2.30. The number of hydrogen-bond acceptors (Lipinski definition) is 6. The third-order valence-corrected chi connectivity index (χ3v) is 4.01. The van der Waals surface area contributed by atoms with Crippen LogP contribution in [0.1, 0.15) is 15.9 Å². The van der Waals surface area contributed by atoms with Gasteiger partial charge in [0.25, 0.3) is 17.2 Å². The van der Waals surface area contributed by atoms with Crippen molar-refractivity contribution in [1.29, 1.82) is 0 Å². The number of rotatable bonds is 4. The zero-order valence-corrected chi connectivity index (χ0v) is 14.1. The number of aromatic nitrogens is 1. The minimum Gasteiger partial charge on any atom is -0.506 e. The molecule has 0 atom stereocenters. The Kier molecular flexibility index (Phi) is 4.67. The van der Waals surface area contributed by atoms with Gasteiger partial charge in [0, 0.05) is 18.5 Å². The molecule has 9 nitrogen and oxygen atoms in total. The number of nitro groups is 1. The van der Waals surface area contributed by atoms with Crippen molar-refractivity contribution in [2.75, 3.05) is 0 Å². The average molecular weight is 366 g/mol. The molecule has 1 aromatic heterocycles. The van der Waals surface area contributed by atoms with Crippen LogP contribution in [-0.2, 0) is 7.05 Å². The van der Waals surface area contributed by atoms with E-state index in [9.17, 15) is 24.8 Å². The zero-order valence-electron chi connectivity index (χ0n) is 14.1. The van der Waals surface area contributed by atoms with Crippen molar-refractivity contribution in [3.63, 3.8) is 0 Å². The summed E-state index contributed by atoms with van der Waals surface area (Å²) in [5.41, 5.74) is 1.44. The van der Waals surface area contributed by atoms with Crippen LogP contribution in [0, 0.1) is 10.1 Å². The normalized spacial score (nSPS) is 11.0. The van der Waals surface area contributed by atoms with E-state index in [1.807, 2.05) is 0 Å². The van der Waals surface area contributed by atoms with E-state index in [0.29, 0.717) is 10.9 Å². The Morgan fingerprint density at radius 1 is 1.22 bits per heavy atom. The number of carbonyl (C=O) groups excluding carboxylic acids is 1. The molecule has 0 saturated heterocycles. The van der Waals surface area contributed by atoms with Crippen molar-refractivity contribution in [3.05, 3.63) is 80.1 Å². The van der Waals surface area contributed by atoms with E-state index in [4.69, 9.17) is 0 Å². The molecule has 9 heteroatoms. The van der Waals surface area contributed by atoms with E-state index in [-0.39, 0.29) is 11.3 Å². The van der Waals surface area contributed by atoms with Crippen LogP contribution in [0.4, 0.5) is 5.69 Å². The van der Waals surface area contributed by atoms with Gasteiger partial charge >= 0.3 is 0 Å². The van der Waals surface area contributed by atoms with Crippen molar-refractivity contribution in [1.82, 2.24) is 9.99 Å². The van der Waals surface area contributed by atoms with Crippen LogP contribution in [0.2, 0.25) is 0 Å². The number of carbonyl (C=O) groups is 1. The standard InChI is InChI=1S/C18H14N4O5/c1-21-14-9-5-3-7-12(14)16(23)15(18(21)25)17(24)20-19-10-11-6-2-4-8-13(11)22(26)27/h2-10,23H,1H3,(H,20,24)/b19-10+. The minimum absolute atomic E-state index is 0.179. The van der Waals surface area contributed by atoms with Gasteiger partial charge in [0.2, 0.25) is 0 Å². The number of fused-ring (bicyclic) bond motifs is 1. The molecular formula is C18H14N4O5. The second-order valence-electron chi connectivity index (χ2n) is 5.62. The molecule has 0 radical (unpaired) electrons. The van der Waals surface area contributed by atoms with Crippen molar-refractivity contribution in [2.45, 2.75) is 0 Å². The maximum Gasteiger partial charge on any atom is 0.280 e. The van der Waals surface area contributed by atoms with Crippen molar-refractivity contribution >= 4 is 28.7 Å². The number of para-hydroxylation sites is 2. The molecular weight excluding hydrogens is 352 g/mol. The van der Waals surface area contributed by atoms with Crippen molar-refractivity contribution in [2.24, 2.45) is 12.1 Å².